The third-order valence-electron chi connectivity index (χ3n) is 4.48. The summed E-state index contributed by atoms with van der Waals surface area (Å²) in [5, 5.41) is 3.46. The van der Waals surface area contributed by atoms with Gasteiger partial charge in [0.2, 0.25) is 0 Å². The van der Waals surface area contributed by atoms with Gasteiger partial charge in [-0.1, -0.05) is 20.8 Å². The maximum atomic E-state index is 5.49. The second-order valence-corrected chi connectivity index (χ2v) is 7.12. The van der Waals surface area contributed by atoms with Crippen LogP contribution in [-0.4, -0.2) is 50.3 Å². The fourth-order valence-corrected chi connectivity index (χ4v) is 3.34. The predicted octanol–water partition coefficient (Wildman–Crippen LogP) is 2.33. The van der Waals surface area contributed by atoms with Crippen LogP contribution in [-0.2, 0) is 4.74 Å². The Morgan fingerprint density at radius 3 is 2.42 bits per heavy atom. The number of ether oxygens (including phenoxy) is 1. The summed E-state index contributed by atoms with van der Waals surface area (Å²) < 4.78 is 5.49. The lowest BCUT2D eigenvalue weighted by atomic mass is 9.80. The molecule has 0 aliphatic carbocycles. The first-order valence-corrected chi connectivity index (χ1v) is 7.93. The molecule has 2 saturated heterocycles. The third-order valence-corrected chi connectivity index (χ3v) is 4.48. The van der Waals surface area contributed by atoms with Crippen molar-refractivity contribution >= 4 is 0 Å². The van der Waals surface area contributed by atoms with Crippen molar-refractivity contribution in [2.45, 2.75) is 46.1 Å². The number of piperidine rings is 1. The highest BCUT2D eigenvalue weighted by Crippen LogP contribution is 2.30. The van der Waals surface area contributed by atoms with Gasteiger partial charge in [-0.15, -0.1) is 0 Å². The van der Waals surface area contributed by atoms with E-state index in [0.717, 1.165) is 32.2 Å². The Balaban J connectivity index is 1.86. The lowest BCUT2D eigenvalue weighted by Gasteiger charge is -2.42. The topological polar surface area (TPSA) is 24.5 Å². The molecule has 2 heterocycles. The maximum Gasteiger partial charge on any atom is 0.0594 e. The summed E-state index contributed by atoms with van der Waals surface area (Å²) >= 11 is 0. The van der Waals surface area contributed by atoms with Crippen LogP contribution in [0.3, 0.4) is 0 Å². The Hall–Kier alpha value is -0.120. The molecule has 3 nitrogen and oxygen atoms in total. The van der Waals surface area contributed by atoms with Crippen LogP contribution in [0.4, 0.5) is 0 Å². The predicted molar refractivity (Wildman–Crippen MR) is 80.1 cm³/mol. The molecule has 1 N–H and O–H groups in total. The summed E-state index contributed by atoms with van der Waals surface area (Å²) in [6.45, 7) is 13.5. The van der Waals surface area contributed by atoms with E-state index in [-0.39, 0.29) is 0 Å². The molecule has 0 bridgehead atoms. The molecule has 3 heteroatoms. The van der Waals surface area contributed by atoms with Gasteiger partial charge in [0.25, 0.3) is 0 Å². The molecule has 1 atom stereocenters. The summed E-state index contributed by atoms with van der Waals surface area (Å²) in [6.07, 6.45) is 6.56. The van der Waals surface area contributed by atoms with Gasteiger partial charge >= 0.3 is 0 Å². The molecule has 1 unspecified atom stereocenters. The number of hydrogen-bond acceptors (Lipinski definition) is 3. The highest BCUT2D eigenvalue weighted by Gasteiger charge is 2.31. The Bertz CT molecular complexity index is 250. The molecule has 2 aliphatic rings. The van der Waals surface area contributed by atoms with E-state index in [1.807, 2.05) is 0 Å². The number of nitrogens with zero attached hydrogens (tertiary/aromatic N) is 1. The van der Waals surface area contributed by atoms with Crippen LogP contribution in [0.2, 0.25) is 0 Å². The average molecular weight is 267 g/mol. The molecule has 0 amide bonds. The normalized spacial score (nSPS) is 25.4. The van der Waals surface area contributed by atoms with Gasteiger partial charge in [-0.3, -0.25) is 4.90 Å². The Morgan fingerprint density at radius 2 is 1.84 bits per heavy atom. The molecular weight excluding hydrogens is 236 g/mol. The lowest BCUT2D eigenvalue weighted by Crippen LogP contribution is -2.49. The van der Waals surface area contributed by atoms with Gasteiger partial charge in [-0.25, -0.2) is 0 Å². The van der Waals surface area contributed by atoms with E-state index in [2.05, 4.69) is 37.4 Å². The summed E-state index contributed by atoms with van der Waals surface area (Å²) in [7, 11) is 0. The molecule has 2 aliphatic heterocycles. The van der Waals surface area contributed by atoms with Crippen molar-refractivity contribution in [1.29, 1.82) is 0 Å². The van der Waals surface area contributed by atoms with Crippen LogP contribution in [0.25, 0.3) is 0 Å². The third kappa shape index (κ3) is 4.73. The molecule has 0 aromatic rings. The molecule has 1 radical (unpaired) electrons. The van der Waals surface area contributed by atoms with Gasteiger partial charge in [0.05, 0.1) is 13.2 Å². The fourth-order valence-electron chi connectivity index (χ4n) is 3.34. The van der Waals surface area contributed by atoms with Crippen molar-refractivity contribution < 1.29 is 4.74 Å². The van der Waals surface area contributed by atoms with Crippen molar-refractivity contribution in [3.05, 3.63) is 6.42 Å². The molecular formula is C16H31N2O. The van der Waals surface area contributed by atoms with Crippen molar-refractivity contribution in [2.75, 3.05) is 39.4 Å². The second-order valence-electron chi connectivity index (χ2n) is 7.12. The van der Waals surface area contributed by atoms with Gasteiger partial charge in [0, 0.05) is 19.1 Å². The zero-order valence-corrected chi connectivity index (χ0v) is 13.0. The zero-order chi connectivity index (χ0) is 13.7. The number of rotatable bonds is 4. The van der Waals surface area contributed by atoms with E-state index in [1.54, 1.807) is 0 Å². The maximum absolute atomic E-state index is 5.49. The molecule has 2 rings (SSSR count). The van der Waals surface area contributed by atoms with Gasteiger partial charge in [-0.2, -0.15) is 0 Å². The fraction of sp³-hybridized carbons (Fsp3) is 0.938. The average Bonchev–Trinajstić information content (AvgIpc) is 2.40. The monoisotopic (exact) mass is 267 g/mol. The zero-order valence-electron chi connectivity index (χ0n) is 13.0. The van der Waals surface area contributed by atoms with E-state index in [9.17, 15) is 0 Å². The molecule has 0 saturated carbocycles. The van der Waals surface area contributed by atoms with Crippen molar-refractivity contribution in [2.24, 2.45) is 11.3 Å². The van der Waals surface area contributed by atoms with E-state index in [0.29, 0.717) is 11.5 Å². The van der Waals surface area contributed by atoms with E-state index >= 15 is 0 Å². The molecule has 19 heavy (non-hydrogen) atoms. The number of hydrogen-bond donors (Lipinski definition) is 1. The second kappa shape index (κ2) is 7.05. The Morgan fingerprint density at radius 1 is 1.21 bits per heavy atom. The van der Waals surface area contributed by atoms with E-state index < -0.39 is 0 Å². The van der Waals surface area contributed by atoms with Gasteiger partial charge in [0.15, 0.2) is 0 Å². The molecule has 111 valence electrons. The summed E-state index contributed by atoms with van der Waals surface area (Å²) in [4.78, 5) is 2.62. The Kier molecular flexibility index (Phi) is 5.67. The highest BCUT2D eigenvalue weighted by molar-refractivity contribution is 4.95. The quantitative estimate of drug-likeness (QED) is 0.846. The number of nitrogens with one attached hydrogen (secondary N) is 1. The van der Waals surface area contributed by atoms with Gasteiger partial charge < -0.3 is 10.1 Å². The standard InChI is InChI=1S/C16H31N2O/c1-16(2,3)15(18-10-12-19-13-11-18)5-4-14-6-8-17-9-7-14/h5,14-15,17H,4,6-13H2,1-3H3. The van der Waals surface area contributed by atoms with Gasteiger partial charge in [0.1, 0.15) is 0 Å². The smallest absolute Gasteiger partial charge is 0.0594 e. The van der Waals surface area contributed by atoms with Crippen molar-refractivity contribution in [1.82, 2.24) is 10.2 Å². The van der Waals surface area contributed by atoms with Crippen molar-refractivity contribution in [3.8, 4) is 0 Å². The van der Waals surface area contributed by atoms with E-state index in [4.69, 9.17) is 4.74 Å². The van der Waals surface area contributed by atoms with Crippen LogP contribution in [0.1, 0.15) is 40.0 Å². The summed E-state index contributed by atoms with van der Waals surface area (Å²) in [5.41, 5.74) is 0.324. The summed E-state index contributed by atoms with van der Waals surface area (Å²) in [5.74, 6) is 0.896. The first-order chi connectivity index (χ1) is 9.07. The largest absolute Gasteiger partial charge is 0.379 e. The summed E-state index contributed by atoms with van der Waals surface area (Å²) in [6, 6.07) is 0.589. The van der Waals surface area contributed by atoms with Crippen LogP contribution in [0.5, 0.6) is 0 Å². The van der Waals surface area contributed by atoms with Crippen LogP contribution in [0, 0.1) is 17.8 Å². The van der Waals surface area contributed by atoms with Crippen LogP contribution in [0.15, 0.2) is 0 Å². The molecule has 0 aromatic heterocycles. The minimum atomic E-state index is 0.324. The van der Waals surface area contributed by atoms with Crippen LogP contribution >= 0.6 is 0 Å². The Labute approximate surface area is 119 Å². The first kappa shape index (κ1) is 15.3. The van der Waals surface area contributed by atoms with Gasteiger partial charge in [-0.05, 0) is 50.1 Å². The minimum absolute atomic E-state index is 0.324. The number of morpholine rings is 1. The van der Waals surface area contributed by atoms with E-state index in [1.165, 1.54) is 32.4 Å². The van der Waals surface area contributed by atoms with Crippen LogP contribution < -0.4 is 5.32 Å². The lowest BCUT2D eigenvalue weighted by molar-refractivity contribution is -0.00209. The molecule has 0 spiro atoms. The molecule has 0 aromatic carbocycles. The highest BCUT2D eigenvalue weighted by atomic mass is 16.5. The minimum Gasteiger partial charge on any atom is -0.379 e. The SMILES string of the molecule is CC(C)(C)C([CH]CC1CCNCC1)N1CCOCC1. The first-order valence-electron chi connectivity index (χ1n) is 7.93. The molecule has 2 fully saturated rings. The van der Waals surface area contributed by atoms with Crippen molar-refractivity contribution in [3.63, 3.8) is 0 Å².